The van der Waals surface area contributed by atoms with Gasteiger partial charge in [0, 0.05) is 26.1 Å². The summed E-state index contributed by atoms with van der Waals surface area (Å²) in [5.74, 6) is 0.971. The predicted octanol–water partition coefficient (Wildman–Crippen LogP) is 5.83. The number of hydrogen-bond donors (Lipinski definition) is 0. The summed E-state index contributed by atoms with van der Waals surface area (Å²) in [4.78, 5) is 7.33. The molecule has 0 amide bonds. The summed E-state index contributed by atoms with van der Waals surface area (Å²) in [5, 5.41) is 0.813. The highest BCUT2D eigenvalue weighted by atomic mass is 79.9. The van der Waals surface area contributed by atoms with Crippen LogP contribution in [-0.4, -0.2) is 30.0 Å². The fraction of sp³-hybridized carbons (Fsp3) is 0.450. The molecule has 1 aliphatic heterocycles. The Balaban J connectivity index is 1.87. The average molecular weight is 485 g/mol. The molecule has 1 aromatic heterocycles. The molecule has 2 aromatic rings. The van der Waals surface area contributed by atoms with Gasteiger partial charge in [0.05, 0.1) is 5.69 Å². The first kappa shape index (κ1) is 18.0. The first-order chi connectivity index (χ1) is 12.0. The first-order valence-electron chi connectivity index (χ1n) is 8.83. The number of halogens is 3. The molecule has 0 spiro atoms. The standard InChI is InChI=1S/C20H21Br2ClN2/c1-25-6-4-12(5-7-25)19-18-13(9-16(23)10-17(18)22)2-3-14-8-15(21)11-24-20(14)19/h8-12,19H,2-7H2,1H3/t19-/m1/s1. The minimum absolute atomic E-state index is 0.348. The lowest BCUT2D eigenvalue weighted by molar-refractivity contribution is 0.206. The van der Waals surface area contributed by atoms with Gasteiger partial charge in [-0.05, 0) is 103 Å². The molecule has 1 aromatic carbocycles. The van der Waals surface area contributed by atoms with Crippen molar-refractivity contribution in [3.63, 3.8) is 0 Å². The number of piperidine rings is 1. The SMILES string of the molecule is CN1CCC([C@H]2c3ncc(Br)cc3CCc3cc(Cl)cc(Br)c32)CC1. The van der Waals surface area contributed by atoms with Crippen LogP contribution in [0.25, 0.3) is 0 Å². The molecule has 1 fully saturated rings. The maximum absolute atomic E-state index is 6.36. The topological polar surface area (TPSA) is 16.1 Å². The molecule has 25 heavy (non-hydrogen) atoms. The zero-order valence-electron chi connectivity index (χ0n) is 14.2. The molecule has 0 N–H and O–H groups in total. The molecule has 0 radical (unpaired) electrons. The number of hydrogen-bond acceptors (Lipinski definition) is 2. The van der Waals surface area contributed by atoms with Crippen LogP contribution in [0.2, 0.25) is 5.02 Å². The second kappa shape index (κ2) is 7.30. The van der Waals surface area contributed by atoms with Gasteiger partial charge in [0.15, 0.2) is 0 Å². The van der Waals surface area contributed by atoms with Gasteiger partial charge in [-0.3, -0.25) is 4.98 Å². The van der Waals surface area contributed by atoms with E-state index >= 15 is 0 Å². The van der Waals surface area contributed by atoms with Crippen LogP contribution in [0.4, 0.5) is 0 Å². The normalized spacial score (nSPS) is 21.5. The summed E-state index contributed by atoms with van der Waals surface area (Å²) in [6.07, 6.45) is 6.42. The summed E-state index contributed by atoms with van der Waals surface area (Å²) in [6, 6.07) is 6.46. The summed E-state index contributed by atoms with van der Waals surface area (Å²) >= 11 is 13.8. The van der Waals surface area contributed by atoms with Gasteiger partial charge in [0.2, 0.25) is 0 Å². The number of rotatable bonds is 1. The van der Waals surface area contributed by atoms with E-state index in [-0.39, 0.29) is 0 Å². The maximum atomic E-state index is 6.36. The van der Waals surface area contributed by atoms with E-state index in [0.717, 1.165) is 39.9 Å². The summed E-state index contributed by atoms with van der Waals surface area (Å²) in [6.45, 7) is 2.32. The number of aromatic nitrogens is 1. The van der Waals surface area contributed by atoms with E-state index in [2.05, 4.69) is 55.9 Å². The number of benzene rings is 1. The van der Waals surface area contributed by atoms with Crippen LogP contribution in [0.3, 0.4) is 0 Å². The van der Waals surface area contributed by atoms with Gasteiger partial charge in [-0.1, -0.05) is 27.5 Å². The van der Waals surface area contributed by atoms with E-state index in [0.29, 0.717) is 11.8 Å². The number of aryl methyl sites for hydroxylation is 2. The van der Waals surface area contributed by atoms with E-state index in [1.165, 1.54) is 35.2 Å². The number of fused-ring (bicyclic) bond motifs is 2. The van der Waals surface area contributed by atoms with E-state index < -0.39 is 0 Å². The Morgan fingerprint density at radius 3 is 2.56 bits per heavy atom. The lowest BCUT2D eigenvalue weighted by atomic mass is 9.76. The molecule has 2 nitrogen and oxygen atoms in total. The predicted molar refractivity (Wildman–Crippen MR) is 111 cm³/mol. The van der Waals surface area contributed by atoms with Crippen LogP contribution < -0.4 is 0 Å². The Labute approximate surface area is 171 Å². The quantitative estimate of drug-likeness (QED) is 0.506. The van der Waals surface area contributed by atoms with Crippen LogP contribution in [0, 0.1) is 5.92 Å². The minimum Gasteiger partial charge on any atom is -0.306 e. The summed E-state index contributed by atoms with van der Waals surface area (Å²) in [5.41, 5.74) is 5.42. The molecule has 2 aliphatic rings. The Morgan fingerprint density at radius 2 is 1.80 bits per heavy atom. The van der Waals surface area contributed by atoms with Crippen molar-refractivity contribution in [2.45, 2.75) is 31.6 Å². The van der Waals surface area contributed by atoms with Crippen LogP contribution in [0.15, 0.2) is 33.3 Å². The van der Waals surface area contributed by atoms with Gasteiger partial charge in [-0.2, -0.15) is 0 Å². The highest BCUT2D eigenvalue weighted by molar-refractivity contribution is 9.10. The van der Waals surface area contributed by atoms with Crippen LogP contribution in [-0.2, 0) is 12.8 Å². The fourth-order valence-electron chi connectivity index (χ4n) is 4.39. The highest BCUT2D eigenvalue weighted by Crippen LogP contribution is 2.46. The number of nitrogens with zero attached hydrogens (tertiary/aromatic N) is 2. The zero-order chi connectivity index (χ0) is 17.6. The van der Waals surface area contributed by atoms with Crippen molar-refractivity contribution in [3.05, 3.63) is 60.7 Å². The summed E-state index contributed by atoms with van der Waals surface area (Å²) in [7, 11) is 2.22. The van der Waals surface area contributed by atoms with Gasteiger partial charge < -0.3 is 4.90 Å². The lowest BCUT2D eigenvalue weighted by Crippen LogP contribution is -2.33. The van der Waals surface area contributed by atoms with Crippen molar-refractivity contribution in [1.29, 1.82) is 0 Å². The van der Waals surface area contributed by atoms with Crippen LogP contribution in [0.5, 0.6) is 0 Å². The second-order valence-corrected chi connectivity index (χ2v) is 9.48. The molecule has 1 atom stereocenters. The van der Waals surface area contributed by atoms with Gasteiger partial charge >= 0.3 is 0 Å². The first-order valence-corrected chi connectivity index (χ1v) is 10.8. The molecule has 0 bridgehead atoms. The molecule has 2 heterocycles. The Kier molecular flexibility index (Phi) is 5.25. The van der Waals surface area contributed by atoms with Crippen molar-refractivity contribution >= 4 is 43.5 Å². The van der Waals surface area contributed by atoms with Gasteiger partial charge in [0.1, 0.15) is 0 Å². The Morgan fingerprint density at radius 1 is 1.08 bits per heavy atom. The van der Waals surface area contributed by atoms with Crippen molar-refractivity contribution < 1.29 is 0 Å². The lowest BCUT2D eigenvalue weighted by Gasteiger charge is -2.35. The van der Waals surface area contributed by atoms with E-state index in [4.69, 9.17) is 16.6 Å². The smallest absolute Gasteiger partial charge is 0.0514 e. The molecule has 1 saturated heterocycles. The largest absolute Gasteiger partial charge is 0.306 e. The fourth-order valence-corrected chi connectivity index (χ4v) is 5.89. The third-order valence-corrected chi connectivity index (χ3v) is 6.96. The van der Waals surface area contributed by atoms with Crippen LogP contribution in [0.1, 0.15) is 41.1 Å². The molecule has 0 unspecified atom stereocenters. The highest BCUT2D eigenvalue weighted by Gasteiger charge is 2.35. The van der Waals surface area contributed by atoms with Gasteiger partial charge in [-0.15, -0.1) is 0 Å². The van der Waals surface area contributed by atoms with Crippen molar-refractivity contribution in [2.24, 2.45) is 5.92 Å². The maximum Gasteiger partial charge on any atom is 0.0514 e. The zero-order valence-corrected chi connectivity index (χ0v) is 18.2. The summed E-state index contributed by atoms with van der Waals surface area (Å²) < 4.78 is 2.20. The van der Waals surface area contributed by atoms with E-state index in [1.54, 1.807) is 0 Å². The molecule has 132 valence electrons. The Bertz CT molecular complexity index is 801. The van der Waals surface area contributed by atoms with Crippen molar-refractivity contribution in [1.82, 2.24) is 9.88 Å². The second-order valence-electron chi connectivity index (χ2n) is 7.28. The third kappa shape index (κ3) is 3.55. The monoisotopic (exact) mass is 482 g/mol. The van der Waals surface area contributed by atoms with E-state index in [9.17, 15) is 0 Å². The Hall–Kier alpha value is -0.420. The average Bonchev–Trinajstić information content (AvgIpc) is 2.72. The van der Waals surface area contributed by atoms with Gasteiger partial charge in [-0.25, -0.2) is 0 Å². The van der Waals surface area contributed by atoms with Crippen molar-refractivity contribution in [3.8, 4) is 0 Å². The van der Waals surface area contributed by atoms with Crippen LogP contribution >= 0.6 is 43.5 Å². The minimum atomic E-state index is 0.348. The van der Waals surface area contributed by atoms with E-state index in [1.807, 2.05) is 12.3 Å². The molecule has 5 heteroatoms. The molecule has 4 rings (SSSR count). The molecule has 0 saturated carbocycles. The molecular weight excluding hydrogens is 463 g/mol. The number of pyridine rings is 1. The number of likely N-dealkylation sites (tertiary alicyclic amines) is 1. The van der Waals surface area contributed by atoms with Gasteiger partial charge in [0.25, 0.3) is 0 Å². The molecular formula is C20H21Br2ClN2. The molecule has 1 aliphatic carbocycles. The third-order valence-electron chi connectivity index (χ3n) is 5.65. The van der Waals surface area contributed by atoms with Crippen molar-refractivity contribution in [2.75, 3.05) is 20.1 Å².